The number of para-hydroxylation sites is 2. The van der Waals surface area contributed by atoms with Crippen LogP contribution in [0.25, 0.3) is 63.1 Å². The Bertz CT molecular complexity index is 2880. The highest BCUT2D eigenvalue weighted by Gasteiger charge is 2.22. The summed E-state index contributed by atoms with van der Waals surface area (Å²) < 4.78 is 5.15. The smallest absolute Gasteiger partial charge is 0.0646 e. The molecule has 0 N–H and O–H groups in total. The third-order valence-electron chi connectivity index (χ3n) is 10.0. The molecule has 10 aromatic rings. The van der Waals surface area contributed by atoms with E-state index in [1.54, 1.807) is 0 Å². The maximum atomic E-state index is 2.43. The fraction of sp³-hybridized carbons (Fsp3) is 0. The van der Waals surface area contributed by atoms with Gasteiger partial charge < -0.3 is 4.90 Å². The van der Waals surface area contributed by atoms with Gasteiger partial charge in [0.25, 0.3) is 0 Å². The predicted molar refractivity (Wildman–Crippen MR) is 232 cm³/mol. The molecule has 3 heteroatoms. The van der Waals surface area contributed by atoms with E-state index in [0.29, 0.717) is 0 Å². The minimum Gasteiger partial charge on any atom is -0.309 e. The molecule has 0 aliphatic heterocycles. The van der Waals surface area contributed by atoms with Gasteiger partial charge in [-0.2, -0.15) is 0 Å². The average molecular weight is 712 g/mol. The zero-order valence-corrected chi connectivity index (χ0v) is 30.4. The van der Waals surface area contributed by atoms with Gasteiger partial charge >= 0.3 is 0 Å². The predicted octanol–water partition coefficient (Wildman–Crippen LogP) is 15.1. The molecule has 0 amide bonds. The molecule has 0 aliphatic rings. The molecule has 250 valence electrons. The van der Waals surface area contributed by atoms with E-state index in [-0.39, 0.29) is 0 Å². The minimum absolute atomic E-state index is 1.13. The fourth-order valence-corrected chi connectivity index (χ4v) is 9.98. The summed E-state index contributed by atoms with van der Waals surface area (Å²) in [5.41, 5.74) is 10.6. The Morgan fingerprint density at radius 3 is 1.66 bits per heavy atom. The Morgan fingerprint density at radius 2 is 0.981 bits per heavy atom. The highest BCUT2D eigenvalue weighted by molar-refractivity contribution is 7.26. The highest BCUT2D eigenvalue weighted by atomic mass is 32.1. The summed E-state index contributed by atoms with van der Waals surface area (Å²) in [6, 6.07) is 70.5. The normalized spacial score (nSPS) is 11.9. The number of nitrogens with zero attached hydrogens (tertiary/aromatic N) is 1. The average Bonchev–Trinajstić information content (AvgIpc) is 3.80. The van der Waals surface area contributed by atoms with E-state index in [9.17, 15) is 0 Å². The SMILES string of the molecule is C(=C(/c1cc(-c2ccccc2)c2c(c1)sc1ccccc12)c1cc(N(c2ccccc2)c2ccccc2)c2sc3ccccc3c2c1)/c1ccccc1. The van der Waals surface area contributed by atoms with Gasteiger partial charge in [-0.1, -0.05) is 133 Å². The summed E-state index contributed by atoms with van der Waals surface area (Å²) in [5, 5.41) is 5.17. The van der Waals surface area contributed by atoms with Crippen LogP contribution in [0.4, 0.5) is 17.1 Å². The van der Waals surface area contributed by atoms with Crippen LogP contribution in [-0.2, 0) is 0 Å². The van der Waals surface area contributed by atoms with Crippen LogP contribution in [0.3, 0.4) is 0 Å². The van der Waals surface area contributed by atoms with Crippen molar-refractivity contribution in [3.63, 3.8) is 0 Å². The molecule has 0 saturated heterocycles. The quantitative estimate of drug-likeness (QED) is 0.149. The van der Waals surface area contributed by atoms with Gasteiger partial charge in [-0.3, -0.25) is 0 Å². The monoisotopic (exact) mass is 711 g/mol. The van der Waals surface area contributed by atoms with Gasteiger partial charge in [-0.25, -0.2) is 0 Å². The number of thiophene rings is 2. The molecule has 0 radical (unpaired) electrons. The maximum absolute atomic E-state index is 2.43. The molecule has 0 bridgehead atoms. The first-order chi connectivity index (χ1) is 26.3. The van der Waals surface area contributed by atoms with E-state index in [1.807, 2.05) is 22.7 Å². The van der Waals surface area contributed by atoms with E-state index in [0.717, 1.165) is 11.4 Å². The van der Waals surface area contributed by atoms with Crippen molar-refractivity contribution in [2.24, 2.45) is 0 Å². The Balaban J connectivity index is 1.30. The molecule has 0 fully saturated rings. The molecular formula is C50H33NS2. The standard InChI is InChI=1S/C50H33NS2/c1-5-17-34(18-6-1)29-42(37-30-43(35-19-7-2-8-20-35)49-41-26-14-16-28-47(41)52-48(49)33-37)36-31-44-40-25-13-15-27-46(40)53-50(44)45(32-36)51(38-21-9-3-10-22-38)39-23-11-4-12-24-39/h1-33H/b42-29-. The molecule has 0 spiro atoms. The molecule has 0 atom stereocenters. The Kier molecular flexibility index (Phi) is 7.94. The van der Waals surface area contributed by atoms with Crippen LogP contribution >= 0.6 is 22.7 Å². The van der Waals surface area contributed by atoms with E-state index in [4.69, 9.17) is 0 Å². The van der Waals surface area contributed by atoms with E-state index < -0.39 is 0 Å². The van der Waals surface area contributed by atoms with E-state index in [1.165, 1.54) is 79.4 Å². The van der Waals surface area contributed by atoms with Crippen molar-refractivity contribution in [1.29, 1.82) is 0 Å². The van der Waals surface area contributed by atoms with Crippen molar-refractivity contribution >= 4 is 91.7 Å². The van der Waals surface area contributed by atoms with E-state index >= 15 is 0 Å². The summed E-state index contributed by atoms with van der Waals surface area (Å²) in [7, 11) is 0. The highest BCUT2D eigenvalue weighted by Crippen LogP contribution is 2.48. The molecule has 2 aromatic heterocycles. The van der Waals surface area contributed by atoms with Crippen molar-refractivity contribution in [3.05, 3.63) is 211 Å². The van der Waals surface area contributed by atoms with Crippen molar-refractivity contribution in [2.45, 2.75) is 0 Å². The molecule has 53 heavy (non-hydrogen) atoms. The van der Waals surface area contributed by atoms with Crippen molar-refractivity contribution < 1.29 is 0 Å². The van der Waals surface area contributed by atoms with Crippen LogP contribution in [0.1, 0.15) is 16.7 Å². The van der Waals surface area contributed by atoms with Crippen LogP contribution in [-0.4, -0.2) is 0 Å². The van der Waals surface area contributed by atoms with E-state index in [2.05, 4.69) is 205 Å². The zero-order chi connectivity index (χ0) is 35.1. The topological polar surface area (TPSA) is 3.24 Å². The largest absolute Gasteiger partial charge is 0.309 e. The van der Waals surface area contributed by atoms with Gasteiger partial charge in [0, 0.05) is 47.0 Å². The van der Waals surface area contributed by atoms with Crippen LogP contribution < -0.4 is 4.90 Å². The number of benzene rings is 8. The first-order valence-corrected chi connectivity index (χ1v) is 19.6. The molecule has 0 unspecified atom stereocenters. The molecule has 10 rings (SSSR count). The molecule has 1 nitrogen and oxygen atoms in total. The van der Waals surface area contributed by atoms with Crippen LogP contribution in [0.2, 0.25) is 0 Å². The van der Waals surface area contributed by atoms with Crippen LogP contribution in [0.15, 0.2) is 194 Å². The number of fused-ring (bicyclic) bond motifs is 6. The first-order valence-electron chi connectivity index (χ1n) is 17.9. The summed E-state index contributed by atoms with van der Waals surface area (Å²) >= 11 is 3.75. The molecule has 0 saturated carbocycles. The third kappa shape index (κ3) is 5.72. The third-order valence-corrected chi connectivity index (χ3v) is 12.4. The molecule has 2 heterocycles. The second-order valence-electron chi connectivity index (χ2n) is 13.3. The van der Waals surface area contributed by atoms with Crippen LogP contribution in [0, 0.1) is 0 Å². The second-order valence-corrected chi connectivity index (χ2v) is 15.4. The number of hydrogen-bond donors (Lipinski definition) is 0. The number of rotatable bonds is 7. The summed E-state index contributed by atoms with van der Waals surface area (Å²) in [4.78, 5) is 2.42. The molecule has 0 aliphatic carbocycles. The Hall–Kier alpha value is -6.26. The Labute approximate surface area is 317 Å². The first kappa shape index (κ1) is 31.5. The lowest BCUT2D eigenvalue weighted by molar-refractivity contribution is 1.30. The van der Waals surface area contributed by atoms with Gasteiger partial charge in [-0.15, -0.1) is 22.7 Å². The minimum atomic E-state index is 1.13. The lowest BCUT2D eigenvalue weighted by Crippen LogP contribution is -2.10. The van der Waals surface area contributed by atoms with Crippen molar-refractivity contribution in [1.82, 2.24) is 0 Å². The van der Waals surface area contributed by atoms with Gasteiger partial charge in [0.15, 0.2) is 0 Å². The maximum Gasteiger partial charge on any atom is 0.0646 e. The van der Waals surface area contributed by atoms with Crippen LogP contribution in [0.5, 0.6) is 0 Å². The summed E-state index contributed by atoms with van der Waals surface area (Å²) in [6.07, 6.45) is 2.37. The lowest BCUT2D eigenvalue weighted by atomic mass is 9.90. The molecular weight excluding hydrogens is 679 g/mol. The zero-order valence-electron chi connectivity index (χ0n) is 28.8. The molecule has 8 aromatic carbocycles. The fourth-order valence-electron chi connectivity index (χ4n) is 7.62. The lowest BCUT2D eigenvalue weighted by Gasteiger charge is -2.27. The van der Waals surface area contributed by atoms with Gasteiger partial charge in [0.05, 0.1) is 10.4 Å². The van der Waals surface area contributed by atoms with Gasteiger partial charge in [-0.05, 0) is 100 Å². The number of hydrogen-bond acceptors (Lipinski definition) is 3. The summed E-state index contributed by atoms with van der Waals surface area (Å²) in [5.74, 6) is 0. The summed E-state index contributed by atoms with van der Waals surface area (Å²) in [6.45, 7) is 0. The van der Waals surface area contributed by atoms with Crippen molar-refractivity contribution in [2.75, 3.05) is 4.90 Å². The van der Waals surface area contributed by atoms with Gasteiger partial charge in [0.1, 0.15) is 0 Å². The Morgan fingerprint density at radius 1 is 0.434 bits per heavy atom. The second kappa shape index (κ2) is 13.4. The van der Waals surface area contributed by atoms with Crippen molar-refractivity contribution in [3.8, 4) is 11.1 Å². The van der Waals surface area contributed by atoms with Gasteiger partial charge in [0.2, 0.25) is 0 Å². The number of anilines is 3.